The van der Waals surface area contributed by atoms with E-state index in [1.165, 1.54) is 11.3 Å². The minimum Gasteiger partial charge on any atom is -0.337 e. The van der Waals surface area contributed by atoms with Crippen molar-refractivity contribution in [2.24, 2.45) is 0 Å². The Morgan fingerprint density at radius 2 is 1.96 bits per heavy atom. The summed E-state index contributed by atoms with van der Waals surface area (Å²) in [4.78, 5) is 18.9. The van der Waals surface area contributed by atoms with E-state index in [9.17, 15) is 4.79 Å². The molecule has 1 aromatic carbocycles. The van der Waals surface area contributed by atoms with E-state index in [0.717, 1.165) is 36.5 Å². The van der Waals surface area contributed by atoms with Crippen molar-refractivity contribution in [2.45, 2.75) is 18.9 Å². The third-order valence-electron chi connectivity index (χ3n) is 4.06. The number of amides is 1. The number of aromatic nitrogens is 1. The molecule has 0 saturated carbocycles. The van der Waals surface area contributed by atoms with Gasteiger partial charge in [-0.3, -0.25) is 4.79 Å². The quantitative estimate of drug-likeness (QED) is 0.743. The number of rotatable bonds is 3. The van der Waals surface area contributed by atoms with E-state index < -0.39 is 0 Å². The molecule has 0 unspecified atom stereocenters. The lowest BCUT2D eigenvalue weighted by Crippen LogP contribution is -2.44. The van der Waals surface area contributed by atoms with Crippen LogP contribution in [0.1, 0.15) is 23.3 Å². The molecule has 0 radical (unpaired) electrons. The van der Waals surface area contributed by atoms with Crippen molar-refractivity contribution in [2.75, 3.05) is 20.1 Å². The van der Waals surface area contributed by atoms with Crippen molar-refractivity contribution >= 4 is 65.3 Å². The zero-order valence-electron chi connectivity index (χ0n) is 13.5. The number of benzene rings is 1. The normalized spacial score (nSPS) is 14.4. The number of carbonyl (C=O) groups excluding carboxylic acids is 1. The maximum absolute atomic E-state index is 12.6. The highest BCUT2D eigenvalue weighted by Crippen LogP contribution is 2.32. The van der Waals surface area contributed by atoms with Gasteiger partial charge in [0.15, 0.2) is 0 Å². The predicted molar refractivity (Wildman–Crippen MR) is 110 cm³/mol. The molecule has 0 spiro atoms. The Kier molecular flexibility index (Phi) is 8.95. The molecule has 2 heterocycles. The minimum absolute atomic E-state index is 0. The third-order valence-corrected chi connectivity index (χ3v) is 5.48. The molecule has 25 heavy (non-hydrogen) atoms. The van der Waals surface area contributed by atoms with E-state index in [1.54, 1.807) is 17.5 Å². The van der Waals surface area contributed by atoms with Gasteiger partial charge >= 0.3 is 0 Å². The molecule has 0 atom stereocenters. The highest BCUT2D eigenvalue weighted by molar-refractivity contribution is 7.13. The monoisotopic (exact) mass is 441 g/mol. The van der Waals surface area contributed by atoms with Gasteiger partial charge in [-0.15, -0.1) is 36.2 Å². The van der Waals surface area contributed by atoms with Crippen molar-refractivity contribution in [3.8, 4) is 10.6 Å². The van der Waals surface area contributed by atoms with Crippen LogP contribution >= 0.6 is 59.4 Å². The molecule has 0 aliphatic carbocycles. The van der Waals surface area contributed by atoms with Gasteiger partial charge in [0.05, 0.1) is 5.02 Å². The summed E-state index contributed by atoms with van der Waals surface area (Å²) in [7, 11) is 1.85. The first-order valence-electron chi connectivity index (χ1n) is 7.45. The standard InChI is InChI=1S/C16H17Cl2N3OS.2ClH/c1-21(11-4-6-19-7-5-11)16(22)14-9-23-15(20-14)12-3-2-10(17)8-13(12)18;;/h2-3,8-9,11,19H,4-7H2,1H3;2*1H. The smallest absolute Gasteiger partial charge is 0.273 e. The molecule has 0 bridgehead atoms. The van der Waals surface area contributed by atoms with Crippen molar-refractivity contribution in [1.82, 2.24) is 15.2 Å². The third kappa shape index (κ3) is 5.22. The van der Waals surface area contributed by atoms with E-state index in [-0.39, 0.29) is 36.8 Å². The SMILES string of the molecule is CN(C(=O)c1csc(-c2ccc(Cl)cc2Cl)n1)C1CCNCC1.Cl.Cl. The zero-order chi connectivity index (χ0) is 16.4. The van der Waals surface area contributed by atoms with Gasteiger partial charge in [0.1, 0.15) is 10.7 Å². The minimum atomic E-state index is -0.0375. The largest absolute Gasteiger partial charge is 0.337 e. The lowest BCUT2D eigenvalue weighted by molar-refractivity contribution is 0.0698. The summed E-state index contributed by atoms with van der Waals surface area (Å²) in [6, 6.07) is 5.55. The summed E-state index contributed by atoms with van der Waals surface area (Å²) in [5.41, 5.74) is 1.27. The second-order valence-corrected chi connectivity index (χ2v) is 7.26. The number of hydrogen-bond acceptors (Lipinski definition) is 4. The number of nitrogens with zero attached hydrogens (tertiary/aromatic N) is 2. The Labute approximate surface area is 173 Å². The number of carbonyl (C=O) groups is 1. The van der Waals surface area contributed by atoms with Gasteiger partial charge < -0.3 is 10.2 Å². The molecular formula is C16H19Cl4N3OS. The Morgan fingerprint density at radius 3 is 2.60 bits per heavy atom. The number of piperidine rings is 1. The molecule has 1 N–H and O–H groups in total. The van der Waals surface area contributed by atoms with Crippen molar-refractivity contribution in [3.63, 3.8) is 0 Å². The maximum atomic E-state index is 12.6. The molecular weight excluding hydrogens is 424 g/mol. The fraction of sp³-hybridized carbons (Fsp3) is 0.375. The molecule has 3 rings (SSSR count). The van der Waals surface area contributed by atoms with Crippen molar-refractivity contribution in [1.29, 1.82) is 0 Å². The van der Waals surface area contributed by atoms with Crippen LogP contribution in [-0.4, -0.2) is 42.0 Å². The number of hydrogen-bond donors (Lipinski definition) is 1. The van der Waals surface area contributed by atoms with E-state index in [4.69, 9.17) is 23.2 Å². The van der Waals surface area contributed by atoms with Crippen LogP contribution in [0.15, 0.2) is 23.6 Å². The van der Waals surface area contributed by atoms with Crippen LogP contribution in [0.4, 0.5) is 0 Å². The van der Waals surface area contributed by atoms with E-state index in [1.807, 2.05) is 18.0 Å². The molecule has 1 aromatic heterocycles. The van der Waals surface area contributed by atoms with Crippen LogP contribution in [-0.2, 0) is 0 Å². The lowest BCUT2D eigenvalue weighted by atomic mass is 10.1. The summed E-state index contributed by atoms with van der Waals surface area (Å²) < 4.78 is 0. The average molecular weight is 443 g/mol. The first-order chi connectivity index (χ1) is 11.1. The number of nitrogens with one attached hydrogen (secondary N) is 1. The molecule has 9 heteroatoms. The van der Waals surface area contributed by atoms with Gasteiger partial charge in [-0.2, -0.15) is 0 Å². The van der Waals surface area contributed by atoms with Gasteiger partial charge in [-0.1, -0.05) is 23.2 Å². The molecule has 1 saturated heterocycles. The number of halogens is 4. The van der Waals surface area contributed by atoms with Crippen LogP contribution in [0, 0.1) is 0 Å². The summed E-state index contributed by atoms with van der Waals surface area (Å²) in [6.45, 7) is 1.90. The van der Waals surface area contributed by atoms with Crippen molar-refractivity contribution < 1.29 is 4.79 Å². The van der Waals surface area contributed by atoms with Crippen LogP contribution in [0.2, 0.25) is 10.0 Å². The van der Waals surface area contributed by atoms with Gasteiger partial charge in [-0.25, -0.2) is 4.98 Å². The van der Waals surface area contributed by atoms with Crippen LogP contribution in [0.3, 0.4) is 0 Å². The van der Waals surface area contributed by atoms with E-state index in [2.05, 4.69) is 10.3 Å². The Balaban J connectivity index is 0.00000156. The van der Waals surface area contributed by atoms with E-state index in [0.29, 0.717) is 15.7 Å². The summed E-state index contributed by atoms with van der Waals surface area (Å²) in [5, 5.41) is 6.95. The summed E-state index contributed by atoms with van der Waals surface area (Å²) in [5.74, 6) is -0.0375. The maximum Gasteiger partial charge on any atom is 0.273 e. The molecule has 1 aliphatic heterocycles. The summed E-state index contributed by atoms with van der Waals surface area (Å²) in [6.07, 6.45) is 1.95. The first-order valence-corrected chi connectivity index (χ1v) is 9.08. The van der Waals surface area contributed by atoms with Crippen LogP contribution < -0.4 is 5.32 Å². The molecule has 1 amide bonds. The number of thiazole rings is 1. The molecule has 1 fully saturated rings. The lowest BCUT2D eigenvalue weighted by Gasteiger charge is -2.31. The Morgan fingerprint density at radius 1 is 1.28 bits per heavy atom. The van der Waals surface area contributed by atoms with Crippen LogP contribution in [0.5, 0.6) is 0 Å². The molecule has 2 aromatic rings. The molecule has 138 valence electrons. The predicted octanol–water partition coefficient (Wildman–Crippen LogP) is 4.78. The van der Waals surface area contributed by atoms with Crippen LogP contribution in [0.25, 0.3) is 10.6 Å². The highest BCUT2D eigenvalue weighted by Gasteiger charge is 2.24. The fourth-order valence-electron chi connectivity index (χ4n) is 2.70. The van der Waals surface area contributed by atoms with Gasteiger partial charge in [0.25, 0.3) is 5.91 Å². The topological polar surface area (TPSA) is 45.2 Å². The Bertz CT molecular complexity index is 719. The van der Waals surface area contributed by atoms with Gasteiger partial charge in [0, 0.05) is 29.1 Å². The van der Waals surface area contributed by atoms with Gasteiger partial charge in [0.2, 0.25) is 0 Å². The highest BCUT2D eigenvalue weighted by atomic mass is 35.5. The fourth-order valence-corrected chi connectivity index (χ4v) is 4.09. The molecule has 1 aliphatic rings. The first kappa shape index (κ1) is 22.5. The second kappa shape index (κ2) is 9.95. The second-order valence-electron chi connectivity index (χ2n) is 5.56. The Hall–Kier alpha value is -0.560. The summed E-state index contributed by atoms with van der Waals surface area (Å²) >= 11 is 13.6. The van der Waals surface area contributed by atoms with Gasteiger partial charge in [-0.05, 0) is 44.1 Å². The zero-order valence-corrected chi connectivity index (χ0v) is 17.5. The molecule has 4 nitrogen and oxygen atoms in total. The average Bonchev–Trinajstić information content (AvgIpc) is 3.04. The van der Waals surface area contributed by atoms with E-state index >= 15 is 0 Å². The van der Waals surface area contributed by atoms with Crippen molar-refractivity contribution in [3.05, 3.63) is 39.3 Å².